The molecule has 2 aromatic heterocycles. The molecule has 788 valence electrons. The summed E-state index contributed by atoms with van der Waals surface area (Å²) >= 11 is 9.92. The van der Waals surface area contributed by atoms with Crippen molar-refractivity contribution in [2.45, 2.75) is 234 Å². The van der Waals surface area contributed by atoms with E-state index < -0.39 is 246 Å². The number of nitrogens with one attached hydrogen (secondary N) is 18. The molecule has 3 heterocycles. The summed E-state index contributed by atoms with van der Waals surface area (Å²) in [4.78, 5) is 268. The summed E-state index contributed by atoms with van der Waals surface area (Å²) in [5, 5.41) is 88.3. The fourth-order valence-corrected chi connectivity index (χ4v) is 17.2. The van der Waals surface area contributed by atoms with Gasteiger partial charge >= 0.3 is 17.9 Å². The van der Waals surface area contributed by atoms with Crippen LogP contribution in [0.1, 0.15) is 126 Å². The van der Waals surface area contributed by atoms with E-state index in [1.165, 1.54) is 36.1 Å². The Bertz CT molecular complexity index is 5600. The van der Waals surface area contributed by atoms with Gasteiger partial charge in [0.1, 0.15) is 90.6 Å². The van der Waals surface area contributed by atoms with Gasteiger partial charge in [0.15, 0.2) is 5.96 Å². The topological polar surface area (TPSA) is 692 Å². The van der Waals surface area contributed by atoms with Crippen molar-refractivity contribution in [2.75, 3.05) is 36.6 Å². The number of aromatic amines is 2. The number of carboxylic acid groups (broad SMARTS) is 3. The number of aromatic nitrogens is 3. The minimum absolute atomic E-state index is 0.00537. The molecule has 1 aliphatic heterocycles. The Labute approximate surface area is 858 Å². The van der Waals surface area contributed by atoms with E-state index >= 15 is 14.4 Å². The monoisotopic (exact) mass is 2080 g/mol. The van der Waals surface area contributed by atoms with Crippen molar-refractivity contribution in [3.05, 3.63) is 198 Å². The van der Waals surface area contributed by atoms with E-state index in [9.17, 15) is 92.3 Å². The predicted molar refractivity (Wildman–Crippen MR) is 547 cm³/mol. The third kappa shape index (κ3) is 37.3. The first-order chi connectivity index (χ1) is 69.7. The molecule has 18 atom stereocenters. The molecule has 8 rings (SSSR count). The van der Waals surface area contributed by atoms with Gasteiger partial charge in [0.25, 0.3) is 0 Å². The van der Waals surface area contributed by atoms with Gasteiger partial charge in [0.05, 0.1) is 31.3 Å². The van der Waals surface area contributed by atoms with Gasteiger partial charge in [-0.25, -0.2) is 9.78 Å². The van der Waals surface area contributed by atoms with Crippen LogP contribution in [0.15, 0.2) is 164 Å². The van der Waals surface area contributed by atoms with Gasteiger partial charge in [0.2, 0.25) is 88.6 Å². The Morgan fingerprint density at radius 1 is 0.473 bits per heavy atom. The van der Waals surface area contributed by atoms with Crippen molar-refractivity contribution < 1.29 is 107 Å². The fraction of sp³-hybridized carbons (Fsp3) is 0.455. The minimum Gasteiger partial charge on any atom is -0.481 e. The highest BCUT2D eigenvalue weighted by Gasteiger charge is 2.44. The van der Waals surface area contributed by atoms with Crippen molar-refractivity contribution in [3.63, 3.8) is 0 Å². The standard InChI is InChI=1S/C99H132N22O22S3/c1-7-55(4)81(119-94(138)78-35-23-38-121(78)97(141)74(43-59-28-16-10-17-29-59)115-93(137)77(52-145)118-90(134)73(48-80(125)126)112-87(131)70(45-61-49-105-65-33-21-20-32-63(61)65)109-83(127)64(100)41-57-24-12-8-13-25-57)95(139)114-71(46-62-50-103-53-106-62)88(132)110-68(40-54(2)3)91(135)120-82(56(5)122)96(140)108-67(36-39-146-6)85(129)111-69(42-58-26-14-9-15-27-58)86(130)117-76(51-144)92(136)113-72(47-79(123)124)89(133)107-66(34-22-37-104-99(101)102)84(128)116-75(98(142)143)44-60-30-18-11-19-31-60/h8-21,24-33,49-50,53-56,64,66-78,81-82,105,122,144-145H,7,22-23,34-48,51-52,100H2,1-6H3,(H,103,106)(H,107,133)(H,108,140)(H,109,127)(H,110,132)(H,111,129)(H,112,131)(H,113,136)(H,114,139)(H,115,137)(H,116,128)(H,117,130)(H,118,134)(H,119,138)(H,120,135)(H,123,124)(H,125,126)(H,142,143)(H4,101,102,104)/t55-,56+,64-,66-,67-,68-,69-,70-,71-,72-,73-,74-,75-,76-,77-,78-,81-,82-/m0/s1. The molecule has 0 bridgehead atoms. The number of H-pyrrole nitrogens is 2. The lowest BCUT2D eigenvalue weighted by Gasteiger charge is -2.32. The zero-order chi connectivity index (χ0) is 107. The van der Waals surface area contributed by atoms with Crippen LogP contribution < -0.4 is 91.2 Å². The molecular formula is C99H132N22O22S3. The Morgan fingerprint density at radius 2 is 0.884 bits per heavy atom. The summed E-state index contributed by atoms with van der Waals surface area (Å²) in [6, 6.07) is 15.9. The molecule has 146 heavy (non-hydrogen) atoms. The molecule has 1 saturated heterocycles. The lowest BCUT2D eigenvalue weighted by Crippen LogP contribution is -2.63. The van der Waals surface area contributed by atoms with E-state index in [1.807, 2.05) is 0 Å². The first-order valence-electron chi connectivity index (χ1n) is 47.8. The van der Waals surface area contributed by atoms with E-state index in [0.717, 1.165) is 5.56 Å². The number of benzene rings is 5. The molecule has 26 N–H and O–H groups in total. The number of fused-ring (bicyclic) bond motifs is 1. The summed E-state index contributed by atoms with van der Waals surface area (Å²) in [7, 11) is 0. The van der Waals surface area contributed by atoms with E-state index in [0.29, 0.717) is 38.9 Å². The number of thioether (sulfide) groups is 1. The molecule has 0 radical (unpaired) electrons. The lowest BCUT2D eigenvalue weighted by atomic mass is 9.96. The van der Waals surface area contributed by atoms with Gasteiger partial charge in [-0.1, -0.05) is 174 Å². The first-order valence-corrected chi connectivity index (χ1v) is 50.5. The summed E-state index contributed by atoms with van der Waals surface area (Å²) in [5.41, 5.74) is 15.7. The number of rotatable bonds is 60. The highest BCUT2D eigenvalue weighted by Crippen LogP contribution is 2.25. The van der Waals surface area contributed by atoms with Gasteiger partial charge in [0, 0.05) is 85.7 Å². The smallest absolute Gasteiger partial charge is 0.326 e. The summed E-state index contributed by atoms with van der Waals surface area (Å²) in [6.45, 7) is 7.97. The maximum atomic E-state index is 15.3. The molecule has 1 fully saturated rings. The Morgan fingerprint density at radius 3 is 1.38 bits per heavy atom. The zero-order valence-corrected chi connectivity index (χ0v) is 84.3. The average Bonchev–Trinajstić information content (AvgIpc) is 1.65. The number of aliphatic carboxylic acids is 3. The number of nitrogens with zero attached hydrogens (tertiary/aromatic N) is 2. The Balaban J connectivity index is 0.944. The number of hydrogen-bond donors (Lipinski definition) is 26. The number of carbonyl (C=O) groups is 18. The summed E-state index contributed by atoms with van der Waals surface area (Å²) in [6.07, 6.45) is 1.34. The number of guanidine groups is 1. The van der Waals surface area contributed by atoms with Crippen molar-refractivity contribution >= 4 is 160 Å². The minimum atomic E-state index is -1.96. The van der Waals surface area contributed by atoms with Crippen molar-refractivity contribution in [1.29, 1.82) is 5.41 Å². The molecule has 15 amide bonds. The summed E-state index contributed by atoms with van der Waals surface area (Å²) < 4.78 is 0. The average molecular weight is 2080 g/mol. The van der Waals surface area contributed by atoms with Crippen LogP contribution in [0.3, 0.4) is 0 Å². The number of nitrogens with two attached hydrogens (primary N) is 2. The van der Waals surface area contributed by atoms with E-state index in [4.69, 9.17) is 16.9 Å². The van der Waals surface area contributed by atoms with Crippen LogP contribution in [0.2, 0.25) is 0 Å². The second-order valence-electron chi connectivity index (χ2n) is 36.0. The fourth-order valence-electron chi connectivity index (χ4n) is 16.2. The number of para-hydroxylation sites is 1. The van der Waals surface area contributed by atoms with Crippen LogP contribution in [0.5, 0.6) is 0 Å². The van der Waals surface area contributed by atoms with Crippen LogP contribution in [0, 0.1) is 17.2 Å². The third-order valence-electron chi connectivity index (χ3n) is 24.2. The first kappa shape index (κ1) is 117. The number of carboxylic acids is 3. The maximum Gasteiger partial charge on any atom is 0.326 e. The number of hydrogen-bond acceptors (Lipinski definition) is 25. The third-order valence-corrected chi connectivity index (χ3v) is 25.6. The predicted octanol–water partition coefficient (Wildman–Crippen LogP) is -0.865. The van der Waals surface area contributed by atoms with Crippen molar-refractivity contribution in [2.24, 2.45) is 23.3 Å². The molecule has 1 aliphatic rings. The molecular weight excluding hydrogens is 1950 g/mol. The SMILES string of the molecule is CC[C@H](C)[C@H](NC(=O)[C@@H]1CCCN1C(=O)[C@H](Cc1ccccc1)NC(=O)[C@H](CS)NC(=O)[C@H](CC(=O)O)NC(=O)[C@H](Cc1c[nH]c2ccccc12)NC(=O)[C@@H](N)Cc1ccccc1)C(=O)N[C@@H](Cc1cnc[nH]1)C(=O)N[C@@H](CC(C)C)C(=O)N[C@H](C(=O)N[C@@H](CCSC)C(=O)N[C@@H](Cc1ccccc1)C(=O)N[C@@H](CS)C(=O)N[C@@H](CC(=O)O)C(=O)N[C@@H](CCCNC(=N)N)C(=O)N[C@@H](Cc1ccccc1)C(=O)O)[C@@H](C)O. The van der Waals surface area contributed by atoms with Gasteiger partial charge in [-0.2, -0.15) is 37.0 Å². The van der Waals surface area contributed by atoms with Gasteiger partial charge < -0.3 is 127 Å². The lowest BCUT2D eigenvalue weighted by molar-refractivity contribution is -0.143. The van der Waals surface area contributed by atoms with E-state index in [1.54, 1.807) is 186 Å². The molecule has 0 aliphatic carbocycles. The van der Waals surface area contributed by atoms with Crippen molar-refractivity contribution in [3.8, 4) is 0 Å². The number of thiol groups is 2. The van der Waals surface area contributed by atoms with Crippen LogP contribution >= 0.6 is 37.0 Å². The van der Waals surface area contributed by atoms with Crippen LogP contribution in [0.25, 0.3) is 10.9 Å². The van der Waals surface area contributed by atoms with Gasteiger partial charge in [-0.15, -0.1) is 0 Å². The summed E-state index contributed by atoms with van der Waals surface area (Å²) in [5.74, 6) is -21.6. The Kier molecular flexibility index (Phi) is 47.3. The van der Waals surface area contributed by atoms with Gasteiger partial charge in [-0.3, -0.25) is 86.9 Å². The van der Waals surface area contributed by atoms with Crippen LogP contribution in [0.4, 0.5) is 0 Å². The maximum absolute atomic E-state index is 15.3. The normalized spacial score (nSPS) is 15.7. The quantitative estimate of drug-likeness (QED) is 0.00954. The largest absolute Gasteiger partial charge is 0.481 e. The second-order valence-corrected chi connectivity index (χ2v) is 37.7. The number of aliphatic hydroxyl groups excluding tert-OH is 1. The van der Waals surface area contributed by atoms with E-state index in [-0.39, 0.29) is 108 Å². The molecule has 44 nitrogen and oxygen atoms in total. The highest BCUT2D eigenvalue weighted by molar-refractivity contribution is 7.98. The number of imidazole rings is 1. The number of likely N-dealkylation sites (tertiary alicyclic amines) is 1. The molecule has 47 heteroatoms. The molecule has 0 saturated carbocycles. The van der Waals surface area contributed by atoms with E-state index in [2.05, 4.69) is 120 Å². The Hall–Kier alpha value is -14.5. The molecule has 7 aromatic rings. The number of aliphatic hydroxyl groups is 1. The van der Waals surface area contributed by atoms with Crippen LogP contribution in [-0.4, -0.2) is 292 Å². The second kappa shape index (κ2) is 59.1. The van der Waals surface area contributed by atoms with Crippen molar-refractivity contribution in [1.82, 2.24) is 99.6 Å². The van der Waals surface area contributed by atoms with Gasteiger partial charge in [-0.05, 0) is 110 Å². The molecule has 0 spiro atoms. The number of carbonyl (C=O) groups excluding carboxylic acids is 15. The highest BCUT2D eigenvalue weighted by atomic mass is 32.2. The molecule has 5 aromatic carbocycles. The zero-order valence-electron chi connectivity index (χ0n) is 81.7. The number of amides is 15. The van der Waals surface area contributed by atoms with Crippen LogP contribution in [-0.2, 0) is 125 Å². The molecule has 0 unspecified atom stereocenters.